The lowest BCUT2D eigenvalue weighted by Gasteiger charge is -2.19. The molecule has 0 saturated heterocycles. The Morgan fingerprint density at radius 1 is 1.20 bits per heavy atom. The van der Waals surface area contributed by atoms with Gasteiger partial charge in [-0.25, -0.2) is 8.42 Å². The first-order chi connectivity index (χ1) is 14.2. The Kier molecular flexibility index (Phi) is 6.82. The molecule has 2 aromatic carbocycles. The van der Waals surface area contributed by atoms with Gasteiger partial charge in [-0.3, -0.25) is 9.59 Å². The number of anilines is 2. The van der Waals surface area contributed by atoms with E-state index in [1.807, 2.05) is 13.0 Å². The second-order valence-corrected chi connectivity index (χ2v) is 9.90. The minimum Gasteiger partial charge on any atom is -0.494 e. The van der Waals surface area contributed by atoms with Crippen LogP contribution in [0.3, 0.4) is 0 Å². The maximum Gasteiger partial charge on any atom is 0.225 e. The fraction of sp³-hybridized carbons (Fsp3) is 0.333. The van der Waals surface area contributed by atoms with Gasteiger partial charge in [-0.15, -0.1) is 0 Å². The van der Waals surface area contributed by atoms with Gasteiger partial charge in [0.2, 0.25) is 11.8 Å². The van der Waals surface area contributed by atoms with Crippen LogP contribution in [0.1, 0.15) is 25.8 Å². The number of benzene rings is 2. The van der Waals surface area contributed by atoms with Crippen LogP contribution in [-0.4, -0.2) is 39.1 Å². The van der Waals surface area contributed by atoms with E-state index in [2.05, 4.69) is 21.2 Å². The number of ether oxygens (including phenoxy) is 1. The van der Waals surface area contributed by atoms with E-state index in [1.54, 1.807) is 24.3 Å². The molecule has 3 rings (SSSR count). The third kappa shape index (κ3) is 5.02. The predicted molar refractivity (Wildman–Crippen MR) is 119 cm³/mol. The van der Waals surface area contributed by atoms with Gasteiger partial charge in [0.15, 0.2) is 9.84 Å². The van der Waals surface area contributed by atoms with Crippen molar-refractivity contribution in [2.24, 2.45) is 0 Å². The normalized spacial score (nSPS) is 13.1. The van der Waals surface area contributed by atoms with Gasteiger partial charge in [0, 0.05) is 30.0 Å². The lowest BCUT2D eigenvalue weighted by atomic mass is 10.2. The van der Waals surface area contributed by atoms with Gasteiger partial charge in [-0.1, -0.05) is 15.9 Å². The first-order valence-corrected chi connectivity index (χ1v) is 12.0. The fourth-order valence-electron chi connectivity index (χ4n) is 3.38. The number of nitrogens with one attached hydrogen (secondary N) is 1. The van der Waals surface area contributed by atoms with Crippen LogP contribution in [0.25, 0.3) is 0 Å². The van der Waals surface area contributed by atoms with Crippen LogP contribution >= 0.6 is 15.9 Å². The van der Waals surface area contributed by atoms with Crippen molar-refractivity contribution in [1.82, 2.24) is 0 Å². The standard InChI is InChI=1S/C21H23BrN2O5S/c1-3-29-18-6-4-17(5-7-18)23-20(26)9-11-30(27,28)19-13-16(22)12-15-8-10-24(14(2)25)21(15)19/h4-7,12-13H,3,8-11H2,1-2H3,(H,23,26). The number of carbonyl (C=O) groups is 2. The van der Waals surface area contributed by atoms with Crippen molar-refractivity contribution < 1.29 is 22.7 Å². The molecule has 0 atom stereocenters. The predicted octanol–water partition coefficient (Wildman–Crippen LogP) is 3.56. The molecule has 1 N–H and O–H groups in total. The number of nitrogens with zero attached hydrogens (tertiary/aromatic N) is 1. The van der Waals surface area contributed by atoms with Crippen LogP contribution in [0.2, 0.25) is 0 Å². The first kappa shape index (κ1) is 22.3. The third-order valence-corrected chi connectivity index (χ3v) is 6.94. The number of hydrogen-bond acceptors (Lipinski definition) is 5. The molecule has 1 aliphatic heterocycles. The van der Waals surface area contributed by atoms with Gasteiger partial charge in [0.05, 0.1) is 22.9 Å². The largest absolute Gasteiger partial charge is 0.494 e. The number of carbonyl (C=O) groups excluding carboxylic acids is 2. The molecule has 2 amide bonds. The third-order valence-electron chi connectivity index (χ3n) is 4.76. The van der Waals surface area contributed by atoms with Crippen molar-refractivity contribution >= 4 is 49.0 Å². The van der Waals surface area contributed by atoms with Crippen molar-refractivity contribution in [2.45, 2.75) is 31.6 Å². The van der Waals surface area contributed by atoms with Crippen molar-refractivity contribution in [2.75, 3.05) is 29.1 Å². The van der Waals surface area contributed by atoms with Gasteiger partial charge in [-0.05, 0) is 55.3 Å². The van der Waals surface area contributed by atoms with Crippen molar-refractivity contribution in [3.63, 3.8) is 0 Å². The minimum absolute atomic E-state index is 0.0773. The molecule has 0 unspecified atom stereocenters. The Morgan fingerprint density at radius 2 is 1.90 bits per heavy atom. The van der Waals surface area contributed by atoms with E-state index in [9.17, 15) is 18.0 Å². The number of fused-ring (bicyclic) bond motifs is 1. The highest BCUT2D eigenvalue weighted by Gasteiger charge is 2.31. The fourth-order valence-corrected chi connectivity index (χ4v) is 5.56. The molecular weight excluding hydrogens is 472 g/mol. The highest BCUT2D eigenvalue weighted by Crippen LogP contribution is 2.38. The van der Waals surface area contributed by atoms with E-state index in [-0.39, 0.29) is 23.0 Å². The molecule has 0 radical (unpaired) electrons. The van der Waals surface area contributed by atoms with Crippen LogP contribution in [0.5, 0.6) is 5.75 Å². The average Bonchev–Trinajstić information content (AvgIpc) is 3.11. The van der Waals surface area contributed by atoms with E-state index in [4.69, 9.17) is 4.74 Å². The summed E-state index contributed by atoms with van der Waals surface area (Å²) in [7, 11) is -3.78. The average molecular weight is 495 g/mol. The van der Waals surface area contributed by atoms with Crippen molar-refractivity contribution in [1.29, 1.82) is 0 Å². The summed E-state index contributed by atoms with van der Waals surface area (Å²) < 4.78 is 32.0. The second-order valence-electron chi connectivity index (χ2n) is 6.91. The van der Waals surface area contributed by atoms with Gasteiger partial charge >= 0.3 is 0 Å². The molecule has 30 heavy (non-hydrogen) atoms. The Morgan fingerprint density at radius 3 is 2.53 bits per heavy atom. The number of rotatable bonds is 7. The summed E-state index contributed by atoms with van der Waals surface area (Å²) in [6.45, 7) is 4.29. The SMILES string of the molecule is CCOc1ccc(NC(=O)CCS(=O)(=O)c2cc(Br)cc3c2N(C(C)=O)CC3)cc1. The molecule has 0 aromatic heterocycles. The molecule has 0 aliphatic carbocycles. The summed E-state index contributed by atoms with van der Waals surface area (Å²) in [6.07, 6.45) is 0.395. The number of hydrogen-bond donors (Lipinski definition) is 1. The number of halogens is 1. The van der Waals surface area contributed by atoms with Gasteiger partial charge in [-0.2, -0.15) is 0 Å². The monoisotopic (exact) mass is 494 g/mol. The quantitative estimate of drug-likeness (QED) is 0.634. The highest BCUT2D eigenvalue weighted by atomic mass is 79.9. The number of amides is 2. The van der Waals surface area contributed by atoms with E-state index in [1.165, 1.54) is 17.9 Å². The first-order valence-electron chi connectivity index (χ1n) is 9.57. The zero-order chi connectivity index (χ0) is 21.9. The maximum atomic E-state index is 13.0. The van der Waals surface area contributed by atoms with Crippen molar-refractivity contribution in [3.8, 4) is 5.75 Å². The van der Waals surface area contributed by atoms with E-state index in [0.717, 1.165) is 5.56 Å². The summed E-state index contributed by atoms with van der Waals surface area (Å²) >= 11 is 3.35. The highest BCUT2D eigenvalue weighted by molar-refractivity contribution is 9.10. The molecule has 2 aromatic rings. The molecule has 160 valence electrons. The minimum atomic E-state index is -3.78. The molecule has 0 bridgehead atoms. The van der Waals surface area contributed by atoms with E-state index < -0.39 is 15.7 Å². The number of sulfone groups is 1. The summed E-state index contributed by atoms with van der Waals surface area (Å²) in [6, 6.07) is 10.2. The molecule has 0 saturated carbocycles. The van der Waals surface area contributed by atoms with Crippen LogP contribution in [-0.2, 0) is 25.8 Å². The Hall–Kier alpha value is -2.39. The summed E-state index contributed by atoms with van der Waals surface area (Å²) in [5, 5.41) is 2.69. The second kappa shape index (κ2) is 9.18. The van der Waals surface area contributed by atoms with Crippen LogP contribution in [0, 0.1) is 0 Å². The Labute approximate surface area is 184 Å². The van der Waals surface area contributed by atoms with E-state index >= 15 is 0 Å². The van der Waals surface area contributed by atoms with Gasteiger partial charge in [0.25, 0.3) is 0 Å². The topological polar surface area (TPSA) is 92.8 Å². The molecule has 0 fully saturated rings. The summed E-state index contributed by atoms with van der Waals surface area (Å²) in [5.74, 6) is -0.278. The van der Waals surface area contributed by atoms with E-state index in [0.29, 0.717) is 41.2 Å². The summed E-state index contributed by atoms with van der Waals surface area (Å²) in [5.41, 5.74) is 1.79. The smallest absolute Gasteiger partial charge is 0.225 e. The molecule has 9 heteroatoms. The van der Waals surface area contributed by atoms with Crippen molar-refractivity contribution in [3.05, 3.63) is 46.4 Å². The van der Waals surface area contributed by atoms with Crippen LogP contribution in [0.4, 0.5) is 11.4 Å². The van der Waals surface area contributed by atoms with Crippen LogP contribution < -0.4 is 15.0 Å². The molecular formula is C21H23BrN2O5S. The van der Waals surface area contributed by atoms with Gasteiger partial charge in [0.1, 0.15) is 5.75 Å². The lowest BCUT2D eigenvalue weighted by molar-refractivity contribution is -0.117. The maximum absolute atomic E-state index is 13.0. The lowest BCUT2D eigenvalue weighted by Crippen LogP contribution is -2.27. The Bertz CT molecular complexity index is 1070. The van der Waals surface area contributed by atoms with Gasteiger partial charge < -0.3 is 15.0 Å². The zero-order valence-electron chi connectivity index (χ0n) is 16.8. The molecule has 7 nitrogen and oxygen atoms in total. The Balaban J connectivity index is 1.73. The summed E-state index contributed by atoms with van der Waals surface area (Å²) in [4.78, 5) is 25.8. The molecule has 1 aliphatic rings. The molecule has 0 spiro atoms. The van der Waals surface area contributed by atoms with Crippen LogP contribution in [0.15, 0.2) is 45.8 Å². The zero-order valence-corrected chi connectivity index (χ0v) is 19.2. The molecule has 1 heterocycles.